The van der Waals surface area contributed by atoms with Gasteiger partial charge in [-0.15, -0.1) is 0 Å². The third-order valence-electron chi connectivity index (χ3n) is 2.63. The van der Waals surface area contributed by atoms with Crippen LogP contribution < -0.4 is 16.0 Å². The van der Waals surface area contributed by atoms with E-state index in [1.54, 1.807) is 6.92 Å². The molecule has 0 saturated heterocycles. The zero-order valence-corrected chi connectivity index (χ0v) is 10.9. The molecule has 1 rings (SSSR count). The number of nitrogens with one attached hydrogen (secondary N) is 1. The highest BCUT2D eigenvalue weighted by atomic mass is 16.2. The summed E-state index contributed by atoms with van der Waals surface area (Å²) in [5.41, 5.74) is 6.99. The van der Waals surface area contributed by atoms with Gasteiger partial charge in [0.1, 0.15) is 6.04 Å². The Labute approximate surface area is 107 Å². The number of benzene rings is 1. The van der Waals surface area contributed by atoms with E-state index in [2.05, 4.69) is 5.32 Å². The largest absolute Gasteiger partial charge is 0.377 e. The van der Waals surface area contributed by atoms with E-state index in [-0.39, 0.29) is 12.3 Å². The lowest BCUT2D eigenvalue weighted by Crippen LogP contribution is -2.42. The Morgan fingerprint density at radius 2 is 1.94 bits per heavy atom. The molecule has 1 aromatic rings. The fraction of sp³-hybridized carbons (Fsp3) is 0.385. The van der Waals surface area contributed by atoms with Crippen LogP contribution in [0.3, 0.4) is 0 Å². The summed E-state index contributed by atoms with van der Waals surface area (Å²) in [5, 5.41) is 2.56. The maximum absolute atomic E-state index is 11.8. The topological polar surface area (TPSA) is 75.4 Å². The second kappa shape index (κ2) is 6.05. The van der Waals surface area contributed by atoms with Crippen LogP contribution in [0.2, 0.25) is 0 Å². The van der Waals surface area contributed by atoms with Crippen molar-refractivity contribution in [1.82, 2.24) is 5.32 Å². The molecule has 0 spiro atoms. The minimum atomic E-state index is -0.649. The van der Waals surface area contributed by atoms with Gasteiger partial charge in [0.2, 0.25) is 11.8 Å². The third-order valence-corrected chi connectivity index (χ3v) is 2.63. The molecule has 0 bridgehead atoms. The molecule has 1 atom stereocenters. The number of anilines is 1. The van der Waals surface area contributed by atoms with Gasteiger partial charge < -0.3 is 16.0 Å². The SMILES string of the molecule is CC(NC(=O)Cc1ccccc1N(C)C)C(N)=O. The Balaban J connectivity index is 2.73. The van der Waals surface area contributed by atoms with E-state index in [0.717, 1.165) is 11.3 Å². The lowest BCUT2D eigenvalue weighted by Gasteiger charge is -2.17. The van der Waals surface area contributed by atoms with Gasteiger partial charge in [-0.3, -0.25) is 9.59 Å². The first-order valence-corrected chi connectivity index (χ1v) is 5.75. The Bertz CT molecular complexity index is 444. The van der Waals surface area contributed by atoms with Crippen LogP contribution in [-0.2, 0) is 16.0 Å². The van der Waals surface area contributed by atoms with Gasteiger partial charge in [0.05, 0.1) is 6.42 Å². The van der Waals surface area contributed by atoms with E-state index >= 15 is 0 Å². The summed E-state index contributed by atoms with van der Waals surface area (Å²) in [6.07, 6.45) is 0.228. The molecule has 0 heterocycles. The van der Waals surface area contributed by atoms with Crippen molar-refractivity contribution in [3.63, 3.8) is 0 Å². The lowest BCUT2D eigenvalue weighted by molar-refractivity contribution is -0.126. The first-order chi connectivity index (χ1) is 8.41. The molecule has 0 saturated carbocycles. The summed E-state index contributed by atoms with van der Waals surface area (Å²) in [5.74, 6) is -0.750. The molecule has 0 fully saturated rings. The summed E-state index contributed by atoms with van der Waals surface area (Å²) in [4.78, 5) is 24.6. The van der Waals surface area contributed by atoms with Crippen LogP contribution in [0.5, 0.6) is 0 Å². The molecule has 1 aromatic carbocycles. The molecule has 5 heteroatoms. The van der Waals surface area contributed by atoms with Crippen molar-refractivity contribution < 1.29 is 9.59 Å². The van der Waals surface area contributed by atoms with Crippen LogP contribution in [0.15, 0.2) is 24.3 Å². The van der Waals surface area contributed by atoms with E-state index in [1.165, 1.54) is 0 Å². The van der Waals surface area contributed by atoms with Crippen molar-refractivity contribution in [2.75, 3.05) is 19.0 Å². The molecule has 0 aliphatic carbocycles. The molecule has 0 aliphatic rings. The maximum atomic E-state index is 11.8. The highest BCUT2D eigenvalue weighted by molar-refractivity contribution is 5.87. The second-order valence-electron chi connectivity index (χ2n) is 4.39. The van der Waals surface area contributed by atoms with Crippen LogP contribution in [0, 0.1) is 0 Å². The average Bonchev–Trinajstić information content (AvgIpc) is 2.28. The number of amides is 2. The number of para-hydroxylation sites is 1. The van der Waals surface area contributed by atoms with Crippen LogP contribution in [0.1, 0.15) is 12.5 Å². The van der Waals surface area contributed by atoms with E-state index < -0.39 is 11.9 Å². The van der Waals surface area contributed by atoms with Gasteiger partial charge in [-0.1, -0.05) is 18.2 Å². The minimum absolute atomic E-state index is 0.212. The van der Waals surface area contributed by atoms with Crippen molar-refractivity contribution in [3.8, 4) is 0 Å². The number of carbonyl (C=O) groups is 2. The fourth-order valence-corrected chi connectivity index (χ4v) is 1.63. The first kappa shape index (κ1) is 14.0. The standard InChI is InChI=1S/C13H19N3O2/c1-9(13(14)18)15-12(17)8-10-6-4-5-7-11(10)16(2)3/h4-7,9H,8H2,1-3H3,(H2,14,18)(H,15,17). The van der Waals surface area contributed by atoms with Crippen LogP contribution in [0.25, 0.3) is 0 Å². The highest BCUT2D eigenvalue weighted by Crippen LogP contribution is 2.18. The first-order valence-electron chi connectivity index (χ1n) is 5.75. The van der Waals surface area contributed by atoms with Gasteiger partial charge in [0, 0.05) is 19.8 Å². The van der Waals surface area contributed by atoms with Crippen LogP contribution in [-0.4, -0.2) is 32.0 Å². The fourth-order valence-electron chi connectivity index (χ4n) is 1.63. The van der Waals surface area contributed by atoms with Crippen molar-refractivity contribution in [2.45, 2.75) is 19.4 Å². The molecule has 0 aromatic heterocycles. The highest BCUT2D eigenvalue weighted by Gasteiger charge is 2.14. The summed E-state index contributed by atoms with van der Waals surface area (Å²) in [6.45, 7) is 1.57. The summed E-state index contributed by atoms with van der Waals surface area (Å²) in [6, 6.07) is 6.99. The smallest absolute Gasteiger partial charge is 0.239 e. The predicted octanol–water partition coefficient (Wildman–Crippen LogP) is 0.285. The molecule has 1 unspecified atom stereocenters. The molecule has 18 heavy (non-hydrogen) atoms. The molecule has 0 aliphatic heterocycles. The number of primary amides is 1. The number of hydrogen-bond acceptors (Lipinski definition) is 3. The minimum Gasteiger partial charge on any atom is -0.377 e. The number of hydrogen-bond donors (Lipinski definition) is 2. The lowest BCUT2D eigenvalue weighted by atomic mass is 10.1. The number of carbonyl (C=O) groups excluding carboxylic acids is 2. The molecular weight excluding hydrogens is 230 g/mol. The zero-order chi connectivity index (χ0) is 13.7. The van der Waals surface area contributed by atoms with Crippen LogP contribution in [0.4, 0.5) is 5.69 Å². The summed E-state index contributed by atoms with van der Waals surface area (Å²) >= 11 is 0. The second-order valence-corrected chi connectivity index (χ2v) is 4.39. The van der Waals surface area contributed by atoms with Crippen LogP contribution >= 0.6 is 0 Å². The van der Waals surface area contributed by atoms with Gasteiger partial charge in [0.25, 0.3) is 0 Å². The van der Waals surface area contributed by atoms with Gasteiger partial charge in [-0.2, -0.15) is 0 Å². The normalized spacial score (nSPS) is 11.7. The molecule has 2 amide bonds. The average molecular weight is 249 g/mol. The molecule has 3 N–H and O–H groups in total. The summed E-state index contributed by atoms with van der Waals surface area (Å²) in [7, 11) is 3.84. The number of nitrogens with two attached hydrogens (primary N) is 1. The molecule has 5 nitrogen and oxygen atoms in total. The Hall–Kier alpha value is -2.04. The van der Waals surface area contributed by atoms with Gasteiger partial charge in [0.15, 0.2) is 0 Å². The van der Waals surface area contributed by atoms with E-state index in [4.69, 9.17) is 5.73 Å². The Morgan fingerprint density at radius 3 is 2.50 bits per heavy atom. The van der Waals surface area contributed by atoms with Gasteiger partial charge >= 0.3 is 0 Å². The van der Waals surface area contributed by atoms with Crippen molar-refractivity contribution >= 4 is 17.5 Å². The van der Waals surface area contributed by atoms with E-state index in [9.17, 15) is 9.59 Å². The Morgan fingerprint density at radius 1 is 1.33 bits per heavy atom. The monoisotopic (exact) mass is 249 g/mol. The maximum Gasteiger partial charge on any atom is 0.239 e. The van der Waals surface area contributed by atoms with Gasteiger partial charge in [-0.05, 0) is 18.6 Å². The summed E-state index contributed by atoms with van der Waals surface area (Å²) < 4.78 is 0. The predicted molar refractivity (Wildman–Crippen MR) is 71.3 cm³/mol. The third kappa shape index (κ3) is 3.76. The van der Waals surface area contributed by atoms with E-state index in [1.807, 2.05) is 43.3 Å². The quantitative estimate of drug-likeness (QED) is 0.787. The van der Waals surface area contributed by atoms with Crippen molar-refractivity contribution in [3.05, 3.63) is 29.8 Å². The van der Waals surface area contributed by atoms with Crippen molar-refractivity contribution in [2.24, 2.45) is 5.73 Å². The van der Waals surface area contributed by atoms with E-state index in [0.29, 0.717) is 0 Å². The number of nitrogens with zero attached hydrogens (tertiary/aromatic N) is 1. The van der Waals surface area contributed by atoms with Gasteiger partial charge in [-0.25, -0.2) is 0 Å². The number of rotatable bonds is 5. The molecule has 0 radical (unpaired) electrons. The molecular formula is C13H19N3O2. The molecule has 98 valence electrons. The zero-order valence-electron chi connectivity index (χ0n) is 10.9. The van der Waals surface area contributed by atoms with Crippen molar-refractivity contribution in [1.29, 1.82) is 0 Å². The Kier molecular flexibility index (Phi) is 4.71.